The molecule has 16 heavy (non-hydrogen) atoms. The van der Waals surface area contributed by atoms with Gasteiger partial charge in [0.05, 0.1) is 22.0 Å². The van der Waals surface area contributed by atoms with Crippen molar-refractivity contribution in [3.63, 3.8) is 0 Å². The molecule has 0 aromatic carbocycles. The van der Waals surface area contributed by atoms with Gasteiger partial charge in [0.1, 0.15) is 0 Å². The van der Waals surface area contributed by atoms with E-state index in [1.54, 1.807) is 18.0 Å². The number of hydrogen-bond acceptors (Lipinski definition) is 3. The Kier molecular flexibility index (Phi) is 4.09. The van der Waals surface area contributed by atoms with Crippen molar-refractivity contribution < 1.29 is 0 Å². The van der Waals surface area contributed by atoms with Gasteiger partial charge in [-0.3, -0.25) is 0 Å². The van der Waals surface area contributed by atoms with Crippen LogP contribution >= 0.6 is 23.4 Å². The zero-order valence-corrected chi connectivity index (χ0v) is 10.5. The first-order valence-corrected chi connectivity index (χ1v) is 6.73. The van der Waals surface area contributed by atoms with Crippen LogP contribution in [-0.4, -0.2) is 10.2 Å². The van der Waals surface area contributed by atoms with Crippen molar-refractivity contribution in [1.82, 2.24) is 4.98 Å². The summed E-state index contributed by atoms with van der Waals surface area (Å²) < 4.78 is 0. The summed E-state index contributed by atoms with van der Waals surface area (Å²) in [5.41, 5.74) is 0. The number of hydrogen-bond donors (Lipinski definition) is 0. The summed E-state index contributed by atoms with van der Waals surface area (Å²) in [6.45, 7) is 0. The van der Waals surface area contributed by atoms with E-state index < -0.39 is 0 Å². The van der Waals surface area contributed by atoms with Gasteiger partial charge >= 0.3 is 0 Å². The van der Waals surface area contributed by atoms with Gasteiger partial charge in [-0.15, -0.1) is 11.8 Å². The fraction of sp³-hybridized carbons (Fsp3) is 0.500. The lowest BCUT2D eigenvalue weighted by molar-refractivity contribution is 0.439. The molecule has 1 aromatic heterocycles. The summed E-state index contributed by atoms with van der Waals surface area (Å²) in [4.78, 5) is 4.26. The Morgan fingerprint density at radius 3 is 2.88 bits per heavy atom. The third-order valence-corrected chi connectivity index (χ3v) is 4.41. The van der Waals surface area contributed by atoms with Crippen LogP contribution in [-0.2, 0) is 0 Å². The van der Waals surface area contributed by atoms with E-state index in [9.17, 15) is 0 Å². The molecule has 0 aliphatic heterocycles. The number of aromatic nitrogens is 1. The number of pyridine rings is 1. The first-order valence-electron chi connectivity index (χ1n) is 5.47. The summed E-state index contributed by atoms with van der Waals surface area (Å²) in [5, 5.41) is 11.1. The molecule has 0 saturated heterocycles. The van der Waals surface area contributed by atoms with E-state index in [1.807, 2.05) is 12.1 Å². The van der Waals surface area contributed by atoms with Gasteiger partial charge in [0, 0.05) is 11.4 Å². The van der Waals surface area contributed by atoms with Crippen molar-refractivity contribution in [2.24, 2.45) is 5.92 Å². The number of thioether (sulfide) groups is 1. The van der Waals surface area contributed by atoms with Crippen LogP contribution in [0.1, 0.15) is 25.7 Å². The molecule has 0 amide bonds. The van der Waals surface area contributed by atoms with E-state index in [4.69, 9.17) is 16.9 Å². The van der Waals surface area contributed by atoms with Gasteiger partial charge in [-0.1, -0.05) is 24.4 Å². The molecule has 0 bridgehead atoms. The van der Waals surface area contributed by atoms with E-state index in [0.29, 0.717) is 10.3 Å². The summed E-state index contributed by atoms with van der Waals surface area (Å²) >= 11 is 7.50. The number of nitriles is 1. The molecule has 2 rings (SSSR count). The summed E-state index contributed by atoms with van der Waals surface area (Å²) in [6.07, 6.45) is 6.22. The average Bonchev–Trinajstić information content (AvgIpc) is 2.33. The minimum absolute atomic E-state index is 0.177. The second-order valence-electron chi connectivity index (χ2n) is 3.99. The first-order chi connectivity index (χ1) is 7.79. The van der Waals surface area contributed by atoms with Crippen LogP contribution in [0.5, 0.6) is 0 Å². The molecule has 1 aliphatic rings. The Bertz CT molecular complexity index is 385. The van der Waals surface area contributed by atoms with Crippen molar-refractivity contribution >= 4 is 23.4 Å². The largest absolute Gasteiger partial charge is 0.248 e. The van der Waals surface area contributed by atoms with Crippen LogP contribution in [0.3, 0.4) is 0 Å². The molecule has 0 N–H and O–H groups in total. The van der Waals surface area contributed by atoms with E-state index in [2.05, 4.69) is 11.1 Å². The molecule has 0 radical (unpaired) electrons. The fourth-order valence-electron chi connectivity index (χ4n) is 1.97. The van der Waals surface area contributed by atoms with E-state index >= 15 is 0 Å². The molecule has 1 aliphatic carbocycles. The molecule has 1 fully saturated rings. The molecule has 84 valence electrons. The topological polar surface area (TPSA) is 36.7 Å². The highest BCUT2D eigenvalue weighted by molar-refractivity contribution is 7.99. The van der Waals surface area contributed by atoms with Gasteiger partial charge in [-0.2, -0.15) is 5.26 Å². The SMILES string of the molecule is N#CC1CCCCC1Sc1ccc(Cl)cn1. The maximum atomic E-state index is 9.08. The van der Waals surface area contributed by atoms with Crippen molar-refractivity contribution in [3.05, 3.63) is 23.4 Å². The van der Waals surface area contributed by atoms with Crippen molar-refractivity contribution in [1.29, 1.82) is 5.26 Å². The highest BCUT2D eigenvalue weighted by Gasteiger charge is 2.25. The molecule has 2 unspecified atom stereocenters. The Labute approximate surface area is 105 Å². The van der Waals surface area contributed by atoms with E-state index in [0.717, 1.165) is 17.9 Å². The van der Waals surface area contributed by atoms with Crippen LogP contribution < -0.4 is 0 Å². The molecular formula is C12H13ClN2S. The Balaban J connectivity index is 2.02. The lowest BCUT2D eigenvalue weighted by Crippen LogP contribution is -2.20. The van der Waals surface area contributed by atoms with Crippen molar-refractivity contribution in [3.8, 4) is 6.07 Å². The van der Waals surface area contributed by atoms with Gasteiger partial charge in [-0.05, 0) is 25.0 Å². The Morgan fingerprint density at radius 2 is 2.19 bits per heavy atom. The zero-order valence-electron chi connectivity index (χ0n) is 8.90. The molecule has 0 spiro atoms. The van der Waals surface area contributed by atoms with Crippen LogP contribution in [0.15, 0.2) is 23.4 Å². The predicted molar refractivity (Wildman–Crippen MR) is 66.5 cm³/mol. The molecule has 4 heteroatoms. The van der Waals surface area contributed by atoms with Crippen LogP contribution in [0.2, 0.25) is 5.02 Å². The lowest BCUT2D eigenvalue weighted by atomic mass is 9.90. The maximum Gasteiger partial charge on any atom is 0.0964 e. The monoisotopic (exact) mass is 252 g/mol. The highest BCUT2D eigenvalue weighted by Crippen LogP contribution is 2.36. The summed E-state index contributed by atoms with van der Waals surface area (Å²) in [5.74, 6) is 0.177. The molecule has 1 heterocycles. The zero-order chi connectivity index (χ0) is 11.4. The van der Waals surface area contributed by atoms with Crippen LogP contribution in [0.25, 0.3) is 0 Å². The molecule has 2 atom stereocenters. The fourth-order valence-corrected chi connectivity index (χ4v) is 3.30. The normalized spacial score (nSPS) is 25.0. The van der Waals surface area contributed by atoms with E-state index in [-0.39, 0.29) is 5.92 Å². The first kappa shape index (κ1) is 11.8. The Morgan fingerprint density at radius 1 is 1.38 bits per heavy atom. The highest BCUT2D eigenvalue weighted by atomic mass is 35.5. The second kappa shape index (κ2) is 5.56. The average molecular weight is 253 g/mol. The smallest absolute Gasteiger partial charge is 0.0964 e. The molecule has 1 aromatic rings. The van der Waals surface area contributed by atoms with Crippen molar-refractivity contribution in [2.75, 3.05) is 0 Å². The van der Waals surface area contributed by atoms with Gasteiger partial charge in [0.2, 0.25) is 0 Å². The quantitative estimate of drug-likeness (QED) is 0.801. The molecule has 1 saturated carbocycles. The van der Waals surface area contributed by atoms with Gasteiger partial charge < -0.3 is 0 Å². The minimum atomic E-state index is 0.177. The number of nitrogens with zero attached hydrogens (tertiary/aromatic N) is 2. The molecule has 2 nitrogen and oxygen atoms in total. The van der Waals surface area contributed by atoms with E-state index in [1.165, 1.54) is 12.8 Å². The third kappa shape index (κ3) is 2.90. The Hall–Kier alpha value is -0.720. The van der Waals surface area contributed by atoms with Gasteiger partial charge in [0.15, 0.2) is 0 Å². The number of rotatable bonds is 2. The predicted octanol–water partition coefficient (Wildman–Crippen LogP) is 3.91. The van der Waals surface area contributed by atoms with Crippen LogP contribution in [0.4, 0.5) is 0 Å². The maximum absolute atomic E-state index is 9.08. The van der Waals surface area contributed by atoms with Crippen LogP contribution in [0, 0.1) is 17.2 Å². The standard InChI is InChI=1S/C12H13ClN2S/c13-10-5-6-12(15-8-10)16-11-4-2-1-3-9(11)7-14/h5-6,8-9,11H,1-4H2. The van der Waals surface area contributed by atoms with Crippen molar-refractivity contribution in [2.45, 2.75) is 36.0 Å². The van der Waals surface area contributed by atoms with Gasteiger partial charge in [0.25, 0.3) is 0 Å². The molecular weight excluding hydrogens is 240 g/mol. The number of halogens is 1. The minimum Gasteiger partial charge on any atom is -0.248 e. The summed E-state index contributed by atoms with van der Waals surface area (Å²) in [7, 11) is 0. The van der Waals surface area contributed by atoms with Gasteiger partial charge in [-0.25, -0.2) is 4.98 Å². The third-order valence-electron chi connectivity index (χ3n) is 2.84. The lowest BCUT2D eigenvalue weighted by Gasteiger charge is -2.25. The second-order valence-corrected chi connectivity index (χ2v) is 5.69. The summed E-state index contributed by atoms with van der Waals surface area (Å²) in [6, 6.07) is 6.19.